The molecule has 3 heterocycles. The molecule has 4 rings (SSSR count). The predicted molar refractivity (Wildman–Crippen MR) is 99.5 cm³/mol. The fraction of sp³-hybridized carbons (Fsp3) is 0.294. The van der Waals surface area contributed by atoms with Crippen LogP contribution in [0.5, 0.6) is 0 Å². The number of nitrogens with two attached hydrogens (primary N) is 1. The van der Waals surface area contributed by atoms with E-state index < -0.39 is 0 Å². The second kappa shape index (κ2) is 6.17. The van der Waals surface area contributed by atoms with Crippen molar-refractivity contribution >= 4 is 34.1 Å². The Hall–Kier alpha value is -3.36. The van der Waals surface area contributed by atoms with Crippen molar-refractivity contribution in [2.24, 2.45) is 0 Å². The summed E-state index contributed by atoms with van der Waals surface area (Å²) in [7, 11) is 0. The average molecular weight is 353 g/mol. The number of carbonyl (C=O) groups is 1. The first-order valence-electron chi connectivity index (χ1n) is 8.49. The van der Waals surface area contributed by atoms with Crippen molar-refractivity contribution in [1.29, 1.82) is 0 Å². The zero-order valence-electron chi connectivity index (χ0n) is 14.3. The van der Waals surface area contributed by atoms with E-state index in [-0.39, 0.29) is 22.8 Å². The van der Waals surface area contributed by atoms with Gasteiger partial charge < -0.3 is 16.0 Å². The van der Waals surface area contributed by atoms with Crippen molar-refractivity contribution in [3.63, 3.8) is 0 Å². The third kappa shape index (κ3) is 2.48. The predicted octanol–water partition coefficient (Wildman–Crippen LogP) is 1.18. The number of hydrogen-bond acceptors (Lipinski definition) is 6. The number of H-pyrrole nitrogens is 1. The lowest BCUT2D eigenvalue weighted by atomic mass is 10.2. The van der Waals surface area contributed by atoms with Gasteiger partial charge in [0.15, 0.2) is 0 Å². The summed E-state index contributed by atoms with van der Waals surface area (Å²) >= 11 is 0. The molecule has 0 aliphatic carbocycles. The molecule has 1 aromatic carbocycles. The van der Waals surface area contributed by atoms with E-state index in [4.69, 9.17) is 5.73 Å². The first kappa shape index (κ1) is 16.1. The van der Waals surface area contributed by atoms with Crippen LogP contribution in [0.15, 0.2) is 29.3 Å². The Labute approximate surface area is 148 Å². The number of aryl methyl sites for hydroxylation is 1. The monoisotopic (exact) mass is 353 g/mol. The Morgan fingerprint density at radius 2 is 2.12 bits per heavy atom. The Kier molecular flexibility index (Phi) is 3.83. The molecule has 26 heavy (non-hydrogen) atoms. The zero-order valence-corrected chi connectivity index (χ0v) is 14.3. The summed E-state index contributed by atoms with van der Waals surface area (Å²) in [6, 6.07) is 5.43. The van der Waals surface area contributed by atoms with Crippen molar-refractivity contribution < 1.29 is 4.79 Å². The first-order valence-corrected chi connectivity index (χ1v) is 8.49. The van der Waals surface area contributed by atoms with Gasteiger partial charge in [-0.1, -0.05) is 6.92 Å². The highest BCUT2D eigenvalue weighted by molar-refractivity contribution is 6.13. The maximum atomic E-state index is 13.0. The number of fused-ring (bicyclic) bond motifs is 2. The molecule has 0 spiro atoms. The zero-order chi connectivity index (χ0) is 18.3. The molecule has 0 unspecified atom stereocenters. The Morgan fingerprint density at radius 1 is 1.27 bits per heavy atom. The second-order valence-electron chi connectivity index (χ2n) is 6.16. The van der Waals surface area contributed by atoms with Crippen LogP contribution < -0.4 is 21.5 Å². The summed E-state index contributed by atoms with van der Waals surface area (Å²) in [4.78, 5) is 34.9. The van der Waals surface area contributed by atoms with Gasteiger partial charge in [-0.3, -0.25) is 19.4 Å². The maximum Gasteiger partial charge on any atom is 0.272 e. The molecule has 3 aromatic rings. The molecule has 9 nitrogen and oxygen atoms in total. The number of nitrogen functional groups attached to an aromatic ring is 1. The van der Waals surface area contributed by atoms with Gasteiger partial charge in [0.05, 0.1) is 10.9 Å². The number of amides is 1. The number of carbonyl (C=O) groups excluding carboxylic acids is 1. The van der Waals surface area contributed by atoms with Crippen LogP contribution in [0.3, 0.4) is 0 Å². The molecule has 4 N–H and O–H groups in total. The van der Waals surface area contributed by atoms with Crippen LogP contribution in [0.2, 0.25) is 0 Å². The van der Waals surface area contributed by atoms with Gasteiger partial charge in [-0.2, -0.15) is 0 Å². The Morgan fingerprint density at radius 3 is 2.92 bits per heavy atom. The fourth-order valence-electron chi connectivity index (χ4n) is 3.27. The van der Waals surface area contributed by atoms with Gasteiger partial charge in [0.25, 0.3) is 11.5 Å². The van der Waals surface area contributed by atoms with Crippen LogP contribution in [0, 0.1) is 0 Å². The van der Waals surface area contributed by atoms with Crippen molar-refractivity contribution in [1.82, 2.24) is 19.7 Å². The Bertz CT molecular complexity index is 1050. The lowest BCUT2D eigenvalue weighted by Gasteiger charge is -2.20. The maximum absolute atomic E-state index is 13.0. The summed E-state index contributed by atoms with van der Waals surface area (Å²) in [6.07, 6.45) is 2.24. The molecule has 134 valence electrons. The highest BCUT2D eigenvalue weighted by Crippen LogP contribution is 2.27. The third-order valence-corrected chi connectivity index (χ3v) is 4.47. The quantitative estimate of drug-likeness (QED) is 0.650. The number of benzene rings is 1. The summed E-state index contributed by atoms with van der Waals surface area (Å²) in [5.74, 6) is 0.275. The molecule has 0 saturated heterocycles. The van der Waals surface area contributed by atoms with Crippen LogP contribution in [-0.4, -0.2) is 38.7 Å². The van der Waals surface area contributed by atoms with Crippen LogP contribution in [-0.2, 0) is 6.54 Å². The SMILES string of the molecule is CCCn1[nH]c(=O)c2cc(N3CCNc4ncnc(N)c4C3=O)ccc21. The third-order valence-electron chi connectivity index (χ3n) is 4.47. The molecular weight excluding hydrogens is 334 g/mol. The first-order chi connectivity index (χ1) is 12.6. The van der Waals surface area contributed by atoms with E-state index >= 15 is 0 Å². The van der Waals surface area contributed by atoms with Crippen LogP contribution >= 0.6 is 0 Å². The van der Waals surface area contributed by atoms with Crippen molar-refractivity contribution in [3.8, 4) is 0 Å². The number of aromatic amines is 1. The molecule has 0 saturated carbocycles. The molecule has 0 fully saturated rings. The van der Waals surface area contributed by atoms with E-state index in [1.165, 1.54) is 6.33 Å². The normalized spacial score (nSPS) is 14.2. The number of anilines is 3. The van der Waals surface area contributed by atoms with Crippen molar-refractivity contribution in [3.05, 3.63) is 40.4 Å². The molecule has 9 heteroatoms. The molecule has 0 bridgehead atoms. The summed E-state index contributed by atoms with van der Waals surface area (Å²) in [6.45, 7) is 3.71. The fourth-order valence-corrected chi connectivity index (χ4v) is 3.27. The topological polar surface area (TPSA) is 122 Å². The Balaban J connectivity index is 1.80. The standard InChI is InChI=1S/C17H19N7O2/c1-2-6-24-12-4-3-10(8-11(12)16(25)22-24)23-7-5-19-15-13(17(23)26)14(18)20-9-21-15/h3-4,8-9H,2,5-7H2,1H3,(H,22,25)(H3,18,19,20,21). The average Bonchev–Trinajstić information content (AvgIpc) is 2.82. The van der Waals surface area contributed by atoms with Crippen molar-refractivity contribution in [2.75, 3.05) is 29.0 Å². The molecule has 1 amide bonds. The van der Waals surface area contributed by atoms with Gasteiger partial charge in [0.1, 0.15) is 23.5 Å². The van der Waals surface area contributed by atoms with E-state index in [0.29, 0.717) is 30.0 Å². The van der Waals surface area contributed by atoms with Crippen LogP contribution in [0.4, 0.5) is 17.3 Å². The minimum absolute atomic E-state index is 0.132. The van der Waals surface area contributed by atoms with Crippen LogP contribution in [0.1, 0.15) is 23.7 Å². The lowest BCUT2D eigenvalue weighted by Crippen LogP contribution is -2.33. The number of nitrogens with one attached hydrogen (secondary N) is 2. The number of nitrogens with zero attached hydrogens (tertiary/aromatic N) is 4. The summed E-state index contributed by atoms with van der Waals surface area (Å²) in [5, 5.41) is 6.49. The molecule has 0 atom stereocenters. The highest BCUT2D eigenvalue weighted by atomic mass is 16.2. The van der Waals surface area contributed by atoms with E-state index in [1.54, 1.807) is 11.0 Å². The molecule has 0 radical (unpaired) electrons. The smallest absolute Gasteiger partial charge is 0.272 e. The highest BCUT2D eigenvalue weighted by Gasteiger charge is 2.27. The van der Waals surface area contributed by atoms with E-state index in [9.17, 15) is 9.59 Å². The van der Waals surface area contributed by atoms with Gasteiger partial charge in [-0.25, -0.2) is 9.97 Å². The molecule has 1 aliphatic heterocycles. The van der Waals surface area contributed by atoms with Gasteiger partial charge in [-0.05, 0) is 24.6 Å². The summed E-state index contributed by atoms with van der Waals surface area (Å²) < 4.78 is 1.83. The minimum atomic E-state index is -0.285. The number of aromatic nitrogens is 4. The second-order valence-corrected chi connectivity index (χ2v) is 6.16. The summed E-state index contributed by atoms with van der Waals surface area (Å²) in [5.41, 5.74) is 7.44. The molecule has 1 aliphatic rings. The number of hydrogen-bond donors (Lipinski definition) is 3. The van der Waals surface area contributed by atoms with Crippen molar-refractivity contribution in [2.45, 2.75) is 19.9 Å². The number of rotatable bonds is 3. The van der Waals surface area contributed by atoms with E-state index in [2.05, 4.69) is 20.4 Å². The van der Waals surface area contributed by atoms with Gasteiger partial charge in [0.2, 0.25) is 0 Å². The van der Waals surface area contributed by atoms with E-state index in [0.717, 1.165) is 18.5 Å². The minimum Gasteiger partial charge on any atom is -0.383 e. The molecular formula is C17H19N7O2. The largest absolute Gasteiger partial charge is 0.383 e. The van der Waals surface area contributed by atoms with Gasteiger partial charge in [-0.15, -0.1) is 0 Å². The lowest BCUT2D eigenvalue weighted by molar-refractivity contribution is 0.0990. The van der Waals surface area contributed by atoms with Crippen LogP contribution in [0.25, 0.3) is 10.9 Å². The van der Waals surface area contributed by atoms with E-state index in [1.807, 2.05) is 23.7 Å². The van der Waals surface area contributed by atoms with Gasteiger partial charge >= 0.3 is 0 Å². The van der Waals surface area contributed by atoms with Gasteiger partial charge in [0, 0.05) is 25.3 Å². The molecule has 2 aromatic heterocycles.